The minimum absolute atomic E-state index is 0.806. The van der Waals surface area contributed by atoms with E-state index in [4.69, 9.17) is 9.47 Å². The van der Waals surface area contributed by atoms with Gasteiger partial charge in [0.1, 0.15) is 12.8 Å². The molecule has 1 heterocycles. The number of fused-ring (bicyclic) bond motifs is 3. The highest BCUT2D eigenvalue weighted by Gasteiger charge is 2.17. The number of nitrogens with zero attached hydrogens (tertiary/aromatic N) is 1. The van der Waals surface area contributed by atoms with E-state index >= 15 is 0 Å². The van der Waals surface area contributed by atoms with Crippen LogP contribution in [0.4, 0.5) is 0 Å². The fourth-order valence-corrected chi connectivity index (χ4v) is 2.55. The van der Waals surface area contributed by atoms with Gasteiger partial charge in [-0.15, -0.1) is 0 Å². The average molecular weight is 254 g/mol. The van der Waals surface area contributed by atoms with Crippen molar-refractivity contribution in [1.82, 2.24) is 0 Å². The molecule has 0 spiro atoms. The standard InChI is InChI=1S/C16H16NO2/c1-17-10-11-6-4-5-7-13(11)14-8-12(18-2)9-15(19-3)16(14)17/h4-10H,1-3H3/q+1. The van der Waals surface area contributed by atoms with Crippen molar-refractivity contribution in [3.8, 4) is 11.5 Å². The molecule has 0 aliphatic rings. The van der Waals surface area contributed by atoms with Gasteiger partial charge in [0.05, 0.1) is 19.6 Å². The third-order valence-corrected chi connectivity index (χ3v) is 3.44. The summed E-state index contributed by atoms with van der Waals surface area (Å²) in [7, 11) is 5.39. The van der Waals surface area contributed by atoms with E-state index in [9.17, 15) is 0 Å². The molecule has 0 radical (unpaired) electrons. The number of methoxy groups -OCH3 is 2. The molecule has 0 saturated heterocycles. The summed E-state index contributed by atoms with van der Waals surface area (Å²) in [6.07, 6.45) is 2.12. The third-order valence-electron chi connectivity index (χ3n) is 3.44. The van der Waals surface area contributed by atoms with Crippen molar-refractivity contribution >= 4 is 21.7 Å². The van der Waals surface area contributed by atoms with Crippen molar-refractivity contribution in [2.75, 3.05) is 14.2 Å². The topological polar surface area (TPSA) is 22.3 Å². The maximum Gasteiger partial charge on any atom is 0.255 e. The number of ether oxygens (including phenoxy) is 2. The Hall–Kier alpha value is -2.29. The molecule has 3 rings (SSSR count). The van der Waals surface area contributed by atoms with Crippen LogP contribution >= 0.6 is 0 Å². The molecular weight excluding hydrogens is 238 g/mol. The lowest BCUT2D eigenvalue weighted by Crippen LogP contribution is -2.28. The molecule has 0 saturated carbocycles. The average Bonchev–Trinajstić information content (AvgIpc) is 2.46. The van der Waals surface area contributed by atoms with E-state index in [0.717, 1.165) is 22.4 Å². The van der Waals surface area contributed by atoms with Crippen LogP contribution in [0.15, 0.2) is 42.6 Å². The molecule has 1 aromatic heterocycles. The van der Waals surface area contributed by atoms with Gasteiger partial charge in [0.25, 0.3) is 5.52 Å². The van der Waals surface area contributed by atoms with E-state index in [-0.39, 0.29) is 0 Å². The van der Waals surface area contributed by atoms with Crippen molar-refractivity contribution in [1.29, 1.82) is 0 Å². The second kappa shape index (κ2) is 4.43. The van der Waals surface area contributed by atoms with Crippen LogP contribution in [0, 0.1) is 0 Å². The lowest BCUT2D eigenvalue weighted by molar-refractivity contribution is -0.643. The van der Waals surface area contributed by atoms with Gasteiger partial charge >= 0.3 is 0 Å². The van der Waals surface area contributed by atoms with Crippen LogP contribution in [0.5, 0.6) is 11.5 Å². The molecule has 0 aliphatic heterocycles. The summed E-state index contributed by atoms with van der Waals surface area (Å²) >= 11 is 0. The third kappa shape index (κ3) is 1.78. The molecule has 0 bridgehead atoms. The highest BCUT2D eigenvalue weighted by molar-refractivity contribution is 6.06. The van der Waals surface area contributed by atoms with E-state index in [1.165, 1.54) is 10.8 Å². The van der Waals surface area contributed by atoms with Gasteiger partial charge in [-0.25, -0.2) is 0 Å². The molecule has 0 unspecified atom stereocenters. The first kappa shape index (κ1) is 11.8. The molecule has 2 aromatic carbocycles. The summed E-state index contributed by atoms with van der Waals surface area (Å²) in [6, 6.07) is 12.3. The van der Waals surface area contributed by atoms with E-state index in [1.54, 1.807) is 14.2 Å². The van der Waals surface area contributed by atoms with E-state index in [1.807, 2.05) is 25.2 Å². The van der Waals surface area contributed by atoms with Gasteiger partial charge in [-0.05, 0) is 12.1 Å². The molecule has 0 aliphatic carbocycles. The van der Waals surface area contributed by atoms with Crippen LogP contribution in [-0.4, -0.2) is 14.2 Å². The number of benzene rings is 2. The molecular formula is C16H16NO2+. The zero-order valence-electron chi connectivity index (χ0n) is 11.3. The Morgan fingerprint density at radius 3 is 2.47 bits per heavy atom. The SMILES string of the molecule is COc1cc(OC)c2c(c1)c1ccccc1c[n+]2C. The zero-order valence-corrected chi connectivity index (χ0v) is 11.3. The minimum atomic E-state index is 0.806. The second-order valence-corrected chi connectivity index (χ2v) is 4.55. The Bertz CT molecular complexity index is 765. The summed E-state index contributed by atoms with van der Waals surface area (Å²) < 4.78 is 13.0. The largest absolute Gasteiger partial charge is 0.497 e. The molecule has 0 N–H and O–H groups in total. The molecule has 3 heteroatoms. The smallest absolute Gasteiger partial charge is 0.255 e. The zero-order chi connectivity index (χ0) is 13.4. The number of aryl methyl sites for hydroxylation is 1. The van der Waals surface area contributed by atoms with Gasteiger partial charge in [-0.2, -0.15) is 4.57 Å². The Morgan fingerprint density at radius 1 is 0.947 bits per heavy atom. The highest BCUT2D eigenvalue weighted by Crippen LogP contribution is 2.32. The first-order valence-electron chi connectivity index (χ1n) is 6.17. The van der Waals surface area contributed by atoms with Crippen LogP contribution in [0.25, 0.3) is 21.7 Å². The van der Waals surface area contributed by atoms with Crippen LogP contribution < -0.4 is 14.0 Å². The molecule has 96 valence electrons. The Labute approximate surface area is 112 Å². The number of hydrogen-bond donors (Lipinski definition) is 0. The number of rotatable bonds is 2. The molecule has 19 heavy (non-hydrogen) atoms. The minimum Gasteiger partial charge on any atom is -0.497 e. The lowest BCUT2D eigenvalue weighted by Gasteiger charge is -2.09. The quantitative estimate of drug-likeness (QED) is 0.518. The normalized spacial score (nSPS) is 10.9. The van der Waals surface area contributed by atoms with Crippen molar-refractivity contribution in [3.05, 3.63) is 42.6 Å². The van der Waals surface area contributed by atoms with Crippen molar-refractivity contribution < 1.29 is 14.0 Å². The Balaban J connectivity index is 2.55. The molecule has 3 nitrogen and oxygen atoms in total. The number of hydrogen-bond acceptors (Lipinski definition) is 2. The van der Waals surface area contributed by atoms with Gasteiger partial charge in [0.15, 0.2) is 11.9 Å². The molecule has 0 fully saturated rings. The van der Waals surface area contributed by atoms with Crippen molar-refractivity contribution in [3.63, 3.8) is 0 Å². The maximum atomic E-state index is 5.50. The summed E-state index contributed by atoms with van der Waals surface area (Å²) in [5.41, 5.74) is 1.07. The summed E-state index contributed by atoms with van der Waals surface area (Å²) in [4.78, 5) is 0. The van der Waals surface area contributed by atoms with Gasteiger partial charge < -0.3 is 9.47 Å². The van der Waals surface area contributed by atoms with Crippen LogP contribution in [0.2, 0.25) is 0 Å². The van der Waals surface area contributed by atoms with Gasteiger partial charge in [-0.1, -0.05) is 18.2 Å². The van der Waals surface area contributed by atoms with Crippen LogP contribution in [-0.2, 0) is 7.05 Å². The molecule has 0 atom stereocenters. The summed E-state index contributed by atoms with van der Waals surface area (Å²) in [5, 5.41) is 3.54. The van der Waals surface area contributed by atoms with Gasteiger partial charge in [-0.3, -0.25) is 0 Å². The second-order valence-electron chi connectivity index (χ2n) is 4.55. The maximum absolute atomic E-state index is 5.50. The van der Waals surface area contributed by atoms with Crippen LogP contribution in [0.1, 0.15) is 0 Å². The summed E-state index contributed by atoms with van der Waals surface area (Å²) in [5.74, 6) is 1.63. The first-order chi connectivity index (χ1) is 9.24. The lowest BCUT2D eigenvalue weighted by atomic mass is 10.1. The number of pyridine rings is 1. The fourth-order valence-electron chi connectivity index (χ4n) is 2.55. The first-order valence-corrected chi connectivity index (χ1v) is 6.17. The Kier molecular flexibility index (Phi) is 2.75. The van der Waals surface area contributed by atoms with Gasteiger partial charge in [0, 0.05) is 16.8 Å². The van der Waals surface area contributed by atoms with Crippen molar-refractivity contribution in [2.45, 2.75) is 0 Å². The predicted molar refractivity (Wildman–Crippen MR) is 75.7 cm³/mol. The van der Waals surface area contributed by atoms with Crippen molar-refractivity contribution in [2.24, 2.45) is 7.05 Å². The molecule has 0 amide bonds. The predicted octanol–water partition coefficient (Wildman–Crippen LogP) is 2.83. The van der Waals surface area contributed by atoms with E-state index in [2.05, 4.69) is 29.0 Å². The van der Waals surface area contributed by atoms with Crippen LogP contribution in [0.3, 0.4) is 0 Å². The van der Waals surface area contributed by atoms with E-state index < -0.39 is 0 Å². The number of aromatic nitrogens is 1. The van der Waals surface area contributed by atoms with E-state index in [0.29, 0.717) is 0 Å². The van der Waals surface area contributed by atoms with Gasteiger partial charge in [0.2, 0.25) is 0 Å². The highest BCUT2D eigenvalue weighted by atomic mass is 16.5. The monoisotopic (exact) mass is 254 g/mol. The summed E-state index contributed by atoms with van der Waals surface area (Å²) in [6.45, 7) is 0. The Morgan fingerprint density at radius 2 is 1.74 bits per heavy atom. The fraction of sp³-hybridized carbons (Fsp3) is 0.188. The molecule has 3 aromatic rings.